The molecule has 0 saturated heterocycles. The largest absolute Gasteiger partial charge is 0.361 e. The number of hydrogen-bond donors (Lipinski definition) is 0. The molecule has 1 unspecified atom stereocenters. The molecule has 0 saturated carbocycles. The maximum Gasteiger partial charge on any atom is 0.244 e. The first-order valence-electron chi connectivity index (χ1n) is 6.38. The monoisotopic (exact) mass is 299 g/mol. The van der Waals surface area contributed by atoms with Gasteiger partial charge in [0.1, 0.15) is 11.0 Å². The van der Waals surface area contributed by atoms with Crippen molar-refractivity contribution in [3.8, 4) is 0 Å². The van der Waals surface area contributed by atoms with E-state index in [1.807, 2.05) is 6.92 Å². The van der Waals surface area contributed by atoms with E-state index in [1.165, 1.54) is 6.92 Å². The summed E-state index contributed by atoms with van der Waals surface area (Å²) in [5.41, 5.74) is 0.377. The Hall–Kier alpha value is -1.70. The number of hydrogen-bond acceptors (Lipinski definition) is 7. The molecule has 0 aliphatic heterocycles. The van der Waals surface area contributed by atoms with Gasteiger partial charge in [-0.2, -0.15) is 4.98 Å². The molecular formula is C12H17N3O4S. The van der Waals surface area contributed by atoms with Gasteiger partial charge in [0.2, 0.25) is 5.89 Å². The second kappa shape index (κ2) is 5.74. The lowest BCUT2D eigenvalue weighted by atomic mass is 10.3. The van der Waals surface area contributed by atoms with Crippen molar-refractivity contribution >= 4 is 9.84 Å². The Morgan fingerprint density at radius 3 is 2.65 bits per heavy atom. The molecule has 0 radical (unpaired) electrons. The fourth-order valence-corrected chi connectivity index (χ4v) is 2.93. The first kappa shape index (κ1) is 14.7. The smallest absolute Gasteiger partial charge is 0.244 e. The summed E-state index contributed by atoms with van der Waals surface area (Å²) in [6.45, 7) is 5.23. The molecule has 2 aromatic heterocycles. The molecule has 2 heterocycles. The van der Waals surface area contributed by atoms with Crippen LogP contribution in [0.1, 0.15) is 48.7 Å². The highest BCUT2D eigenvalue weighted by Crippen LogP contribution is 2.24. The average molecular weight is 299 g/mol. The van der Waals surface area contributed by atoms with Crippen molar-refractivity contribution in [2.45, 2.75) is 44.6 Å². The summed E-state index contributed by atoms with van der Waals surface area (Å²) in [4.78, 5) is 4.11. The maximum atomic E-state index is 12.3. The van der Waals surface area contributed by atoms with Crippen LogP contribution in [0, 0.1) is 6.92 Å². The first-order valence-corrected chi connectivity index (χ1v) is 8.10. The summed E-state index contributed by atoms with van der Waals surface area (Å²) in [6.07, 6.45) is 1.54. The van der Waals surface area contributed by atoms with Crippen LogP contribution in [0.15, 0.2) is 15.1 Å². The van der Waals surface area contributed by atoms with E-state index in [-0.39, 0.29) is 11.6 Å². The van der Waals surface area contributed by atoms with Gasteiger partial charge in [0.05, 0.1) is 11.4 Å². The molecule has 8 heteroatoms. The average Bonchev–Trinajstić information content (AvgIpc) is 2.98. The normalized spacial score (nSPS) is 13.6. The van der Waals surface area contributed by atoms with Crippen LogP contribution >= 0.6 is 0 Å². The molecule has 0 fully saturated rings. The van der Waals surface area contributed by atoms with E-state index < -0.39 is 15.1 Å². The van der Waals surface area contributed by atoms with E-state index in [4.69, 9.17) is 9.05 Å². The molecule has 0 bridgehead atoms. The van der Waals surface area contributed by atoms with Crippen LogP contribution in [-0.2, 0) is 22.0 Å². The lowest BCUT2D eigenvalue weighted by Gasteiger charge is -2.06. The zero-order valence-electron chi connectivity index (χ0n) is 11.7. The molecule has 2 rings (SSSR count). The standard InChI is InChI=1S/C12H17N3O4S/c1-4-5-11-13-12(19-15-11)9(3)20(16,17)7-10-6-8(2)18-14-10/h6,9H,4-5,7H2,1-3H3. The van der Waals surface area contributed by atoms with Gasteiger partial charge in [-0.05, 0) is 20.3 Å². The molecule has 0 aliphatic rings. The summed E-state index contributed by atoms with van der Waals surface area (Å²) in [6, 6.07) is 1.60. The van der Waals surface area contributed by atoms with Crippen LogP contribution in [-0.4, -0.2) is 23.7 Å². The Labute approximate surface area is 117 Å². The zero-order chi connectivity index (χ0) is 14.8. The molecular weight excluding hydrogens is 282 g/mol. The zero-order valence-corrected chi connectivity index (χ0v) is 12.5. The van der Waals surface area contributed by atoms with E-state index in [1.54, 1.807) is 13.0 Å². The molecule has 20 heavy (non-hydrogen) atoms. The molecule has 7 nitrogen and oxygen atoms in total. The van der Waals surface area contributed by atoms with Crippen molar-refractivity contribution in [2.24, 2.45) is 0 Å². The fraction of sp³-hybridized carbons (Fsp3) is 0.583. The minimum absolute atomic E-state index is 0.119. The van der Waals surface area contributed by atoms with Crippen LogP contribution < -0.4 is 0 Å². The van der Waals surface area contributed by atoms with Gasteiger partial charge in [0.15, 0.2) is 15.7 Å². The molecule has 0 N–H and O–H groups in total. The highest BCUT2D eigenvalue weighted by molar-refractivity contribution is 7.90. The van der Waals surface area contributed by atoms with E-state index in [9.17, 15) is 8.42 Å². The number of rotatable bonds is 6. The summed E-state index contributed by atoms with van der Waals surface area (Å²) in [5.74, 6) is 1.01. The Kier molecular flexibility index (Phi) is 4.22. The van der Waals surface area contributed by atoms with E-state index in [2.05, 4.69) is 15.3 Å². The van der Waals surface area contributed by atoms with Gasteiger partial charge in [0.25, 0.3) is 0 Å². The van der Waals surface area contributed by atoms with Crippen molar-refractivity contribution in [1.82, 2.24) is 15.3 Å². The van der Waals surface area contributed by atoms with E-state index in [0.29, 0.717) is 23.7 Å². The molecule has 0 aromatic carbocycles. The Morgan fingerprint density at radius 2 is 2.05 bits per heavy atom. The van der Waals surface area contributed by atoms with Crippen molar-refractivity contribution in [2.75, 3.05) is 0 Å². The summed E-state index contributed by atoms with van der Waals surface area (Å²) in [7, 11) is -3.47. The molecule has 2 aromatic rings. The topological polar surface area (TPSA) is 99.1 Å². The summed E-state index contributed by atoms with van der Waals surface area (Å²) >= 11 is 0. The predicted molar refractivity (Wildman–Crippen MR) is 70.6 cm³/mol. The van der Waals surface area contributed by atoms with Gasteiger partial charge in [-0.15, -0.1) is 0 Å². The molecule has 110 valence electrons. The van der Waals surface area contributed by atoms with E-state index >= 15 is 0 Å². The van der Waals surface area contributed by atoms with E-state index in [0.717, 1.165) is 6.42 Å². The highest BCUT2D eigenvalue weighted by Gasteiger charge is 2.29. The fourth-order valence-electron chi connectivity index (χ4n) is 1.73. The van der Waals surface area contributed by atoms with Crippen LogP contribution in [0.25, 0.3) is 0 Å². The van der Waals surface area contributed by atoms with Crippen molar-refractivity contribution in [1.29, 1.82) is 0 Å². The second-order valence-electron chi connectivity index (χ2n) is 4.68. The third-order valence-electron chi connectivity index (χ3n) is 2.87. The number of aryl methyl sites for hydroxylation is 2. The lowest BCUT2D eigenvalue weighted by molar-refractivity contribution is 0.370. The lowest BCUT2D eigenvalue weighted by Crippen LogP contribution is -2.13. The summed E-state index contributed by atoms with van der Waals surface area (Å²) in [5, 5.41) is 6.59. The van der Waals surface area contributed by atoms with Crippen LogP contribution in [0.4, 0.5) is 0 Å². The molecule has 0 amide bonds. The van der Waals surface area contributed by atoms with Crippen LogP contribution in [0.5, 0.6) is 0 Å². The van der Waals surface area contributed by atoms with Crippen molar-refractivity contribution in [3.05, 3.63) is 29.2 Å². The number of nitrogens with zero attached hydrogens (tertiary/aromatic N) is 3. The second-order valence-corrected chi connectivity index (χ2v) is 7.00. The quantitative estimate of drug-likeness (QED) is 0.804. The molecule has 0 spiro atoms. The Balaban J connectivity index is 2.15. The Bertz CT molecular complexity index is 674. The number of sulfone groups is 1. The summed E-state index contributed by atoms with van der Waals surface area (Å²) < 4.78 is 34.4. The predicted octanol–water partition coefficient (Wildman–Crippen LogP) is 1.99. The van der Waals surface area contributed by atoms with Gasteiger partial charge < -0.3 is 9.05 Å². The SMILES string of the molecule is CCCc1noc(C(C)S(=O)(=O)Cc2cc(C)on2)n1. The van der Waals surface area contributed by atoms with Gasteiger partial charge in [-0.25, -0.2) is 8.42 Å². The third kappa shape index (κ3) is 3.24. The van der Waals surface area contributed by atoms with Gasteiger partial charge in [-0.1, -0.05) is 17.2 Å². The minimum atomic E-state index is -3.47. The first-order chi connectivity index (χ1) is 9.42. The van der Waals surface area contributed by atoms with Gasteiger partial charge in [-0.3, -0.25) is 0 Å². The van der Waals surface area contributed by atoms with Crippen LogP contribution in [0.3, 0.4) is 0 Å². The third-order valence-corrected chi connectivity index (χ3v) is 4.85. The molecule has 1 atom stereocenters. The highest BCUT2D eigenvalue weighted by atomic mass is 32.2. The van der Waals surface area contributed by atoms with Gasteiger partial charge in [0, 0.05) is 12.5 Å². The molecule has 0 aliphatic carbocycles. The minimum Gasteiger partial charge on any atom is -0.361 e. The van der Waals surface area contributed by atoms with Crippen molar-refractivity contribution < 1.29 is 17.5 Å². The van der Waals surface area contributed by atoms with Gasteiger partial charge >= 0.3 is 0 Å². The number of aromatic nitrogens is 3. The van der Waals surface area contributed by atoms with Crippen LogP contribution in [0.2, 0.25) is 0 Å². The maximum absolute atomic E-state index is 12.3. The van der Waals surface area contributed by atoms with Crippen molar-refractivity contribution in [3.63, 3.8) is 0 Å². The Morgan fingerprint density at radius 1 is 1.30 bits per heavy atom.